The van der Waals surface area contributed by atoms with Crippen LogP contribution in [0.25, 0.3) is 32.7 Å². The molecule has 0 saturated heterocycles. The average Bonchev–Trinajstić information content (AvgIpc) is 2.85. The molecule has 5 rings (SSSR count). The monoisotopic (exact) mass is 446 g/mol. The molecule has 1 atom stereocenters. The van der Waals surface area contributed by atoms with Gasteiger partial charge in [0.15, 0.2) is 0 Å². The number of esters is 1. The number of hydrogen-bond donors (Lipinski definition) is 1. The van der Waals surface area contributed by atoms with E-state index in [0.29, 0.717) is 11.3 Å². The van der Waals surface area contributed by atoms with E-state index in [0.717, 1.165) is 32.7 Å². The summed E-state index contributed by atoms with van der Waals surface area (Å²) in [4.78, 5) is 13.5. The maximum atomic E-state index is 13.5. The first-order valence-corrected chi connectivity index (χ1v) is 11.5. The highest BCUT2D eigenvalue weighted by molar-refractivity contribution is 6.10. The van der Waals surface area contributed by atoms with Crippen LogP contribution in [0.3, 0.4) is 0 Å². The minimum atomic E-state index is -0.401. The number of aromatic hydroxyl groups is 1. The molecule has 0 fully saturated rings. The number of rotatable bonds is 5. The van der Waals surface area contributed by atoms with Crippen LogP contribution in [0.2, 0.25) is 0 Å². The second-order valence-corrected chi connectivity index (χ2v) is 8.89. The minimum Gasteiger partial charge on any atom is -0.507 e. The Labute approximate surface area is 199 Å². The molecule has 1 N–H and O–H groups in total. The van der Waals surface area contributed by atoms with Crippen LogP contribution in [0.1, 0.15) is 25.3 Å². The van der Waals surface area contributed by atoms with Gasteiger partial charge in [0.05, 0.1) is 5.92 Å². The van der Waals surface area contributed by atoms with Gasteiger partial charge < -0.3 is 9.84 Å². The van der Waals surface area contributed by atoms with Gasteiger partial charge in [-0.15, -0.1) is 0 Å². The lowest BCUT2D eigenvalue weighted by atomic mass is 9.88. The van der Waals surface area contributed by atoms with Crippen LogP contribution in [0.5, 0.6) is 11.5 Å². The molecule has 0 spiro atoms. The summed E-state index contributed by atoms with van der Waals surface area (Å²) in [6.07, 6.45) is 0. The van der Waals surface area contributed by atoms with E-state index >= 15 is 0 Å². The van der Waals surface area contributed by atoms with E-state index in [2.05, 4.69) is 0 Å². The zero-order valence-electron chi connectivity index (χ0n) is 19.2. The van der Waals surface area contributed by atoms with E-state index in [1.807, 2.05) is 111 Å². The average molecular weight is 447 g/mol. The molecule has 0 unspecified atom stereocenters. The molecule has 0 aliphatic heterocycles. The van der Waals surface area contributed by atoms with Gasteiger partial charge in [-0.3, -0.25) is 4.79 Å². The standard InChI is InChI=1S/C31H26O3/c1-20(2)28(23-12-4-3-5-13-23)31(33)34-27-19-17-22-11-7-9-15-25(22)30(27)29-24-14-8-6-10-21(24)16-18-26(29)32/h3-20,28,32H,1-2H3/t28-/m0/s1. The van der Waals surface area contributed by atoms with Crippen LogP contribution in [0.15, 0.2) is 103 Å². The molecule has 3 nitrogen and oxygen atoms in total. The van der Waals surface area contributed by atoms with E-state index in [1.165, 1.54) is 0 Å². The highest BCUT2D eigenvalue weighted by atomic mass is 16.5. The van der Waals surface area contributed by atoms with Crippen molar-refractivity contribution in [2.75, 3.05) is 0 Å². The molecule has 168 valence electrons. The van der Waals surface area contributed by atoms with Gasteiger partial charge >= 0.3 is 5.97 Å². The number of ether oxygens (including phenoxy) is 1. The lowest BCUT2D eigenvalue weighted by Gasteiger charge is -2.22. The molecule has 34 heavy (non-hydrogen) atoms. The Balaban J connectivity index is 1.71. The van der Waals surface area contributed by atoms with Gasteiger partial charge in [-0.1, -0.05) is 105 Å². The number of hydrogen-bond acceptors (Lipinski definition) is 3. The third-order valence-electron chi connectivity index (χ3n) is 6.34. The maximum absolute atomic E-state index is 13.5. The second-order valence-electron chi connectivity index (χ2n) is 8.89. The number of phenols is 1. The van der Waals surface area contributed by atoms with Crippen molar-refractivity contribution < 1.29 is 14.6 Å². The lowest BCUT2D eigenvalue weighted by molar-refractivity contribution is -0.137. The largest absolute Gasteiger partial charge is 0.507 e. The molecular weight excluding hydrogens is 420 g/mol. The third-order valence-corrected chi connectivity index (χ3v) is 6.34. The van der Waals surface area contributed by atoms with Crippen LogP contribution in [-0.4, -0.2) is 11.1 Å². The van der Waals surface area contributed by atoms with Crippen LogP contribution in [-0.2, 0) is 4.79 Å². The second kappa shape index (κ2) is 9.03. The number of benzene rings is 5. The molecule has 5 aromatic carbocycles. The fourth-order valence-electron chi connectivity index (χ4n) is 4.74. The van der Waals surface area contributed by atoms with Crippen LogP contribution in [0, 0.1) is 5.92 Å². The summed E-state index contributed by atoms with van der Waals surface area (Å²) < 4.78 is 6.14. The van der Waals surface area contributed by atoms with Gasteiger partial charge in [0, 0.05) is 11.1 Å². The predicted octanol–water partition coefficient (Wildman–Crippen LogP) is 7.71. The Morgan fingerprint density at radius 3 is 1.88 bits per heavy atom. The summed E-state index contributed by atoms with van der Waals surface area (Å²) in [7, 11) is 0. The quantitative estimate of drug-likeness (QED) is 0.222. The number of phenolic OH excluding ortho intramolecular Hbond substituents is 1. The molecule has 0 amide bonds. The minimum absolute atomic E-state index is 0.0600. The predicted molar refractivity (Wildman–Crippen MR) is 138 cm³/mol. The Kier molecular flexibility index (Phi) is 5.77. The molecule has 0 aliphatic carbocycles. The molecule has 0 bridgehead atoms. The Morgan fingerprint density at radius 2 is 1.24 bits per heavy atom. The summed E-state index contributed by atoms with van der Waals surface area (Å²) in [6, 6.07) is 33.0. The highest BCUT2D eigenvalue weighted by Crippen LogP contribution is 2.45. The first-order chi connectivity index (χ1) is 16.5. The Hall–Kier alpha value is -4.11. The Bertz CT molecular complexity index is 1490. The van der Waals surface area contributed by atoms with Gasteiger partial charge in [0.25, 0.3) is 0 Å². The SMILES string of the molecule is CC(C)[C@H](C(=O)Oc1ccc2ccccc2c1-c1c(O)ccc2ccccc12)c1ccccc1. The van der Waals surface area contributed by atoms with Gasteiger partial charge in [-0.2, -0.15) is 0 Å². The summed E-state index contributed by atoms with van der Waals surface area (Å²) in [5, 5.41) is 14.8. The number of carbonyl (C=O) groups is 1. The van der Waals surface area contributed by atoms with Crippen molar-refractivity contribution in [1.82, 2.24) is 0 Å². The van der Waals surface area contributed by atoms with E-state index in [-0.39, 0.29) is 17.6 Å². The molecule has 0 aromatic heterocycles. The van der Waals surface area contributed by atoms with Crippen molar-refractivity contribution in [2.45, 2.75) is 19.8 Å². The molecule has 0 aliphatic rings. The topological polar surface area (TPSA) is 46.5 Å². The fraction of sp³-hybridized carbons (Fsp3) is 0.129. The van der Waals surface area contributed by atoms with E-state index < -0.39 is 5.92 Å². The van der Waals surface area contributed by atoms with Crippen molar-refractivity contribution in [3.63, 3.8) is 0 Å². The van der Waals surface area contributed by atoms with Crippen molar-refractivity contribution in [2.24, 2.45) is 5.92 Å². The molecular formula is C31H26O3. The maximum Gasteiger partial charge on any atom is 0.319 e. The molecule has 3 heteroatoms. The number of carbonyl (C=O) groups excluding carboxylic acids is 1. The smallest absolute Gasteiger partial charge is 0.319 e. The van der Waals surface area contributed by atoms with Gasteiger partial charge in [-0.05, 0) is 45.2 Å². The normalized spacial score (nSPS) is 12.2. The summed E-state index contributed by atoms with van der Waals surface area (Å²) in [5.74, 6) is -0.0587. The molecule has 0 heterocycles. The summed E-state index contributed by atoms with van der Waals surface area (Å²) >= 11 is 0. The zero-order valence-corrected chi connectivity index (χ0v) is 19.2. The summed E-state index contributed by atoms with van der Waals surface area (Å²) in [6.45, 7) is 4.05. The van der Waals surface area contributed by atoms with E-state index in [4.69, 9.17) is 4.74 Å². The highest BCUT2D eigenvalue weighted by Gasteiger charge is 2.28. The van der Waals surface area contributed by atoms with Gasteiger partial charge in [0.2, 0.25) is 0 Å². The van der Waals surface area contributed by atoms with Crippen molar-refractivity contribution in [3.8, 4) is 22.6 Å². The van der Waals surface area contributed by atoms with Crippen molar-refractivity contribution in [1.29, 1.82) is 0 Å². The van der Waals surface area contributed by atoms with Crippen molar-refractivity contribution >= 4 is 27.5 Å². The Morgan fingerprint density at radius 1 is 0.676 bits per heavy atom. The third kappa shape index (κ3) is 3.90. The van der Waals surface area contributed by atoms with Crippen LogP contribution < -0.4 is 4.74 Å². The fourth-order valence-corrected chi connectivity index (χ4v) is 4.74. The molecule has 5 aromatic rings. The molecule has 0 saturated carbocycles. The summed E-state index contributed by atoms with van der Waals surface area (Å²) in [5.41, 5.74) is 2.31. The number of fused-ring (bicyclic) bond motifs is 2. The first-order valence-electron chi connectivity index (χ1n) is 11.5. The van der Waals surface area contributed by atoms with Crippen LogP contribution >= 0.6 is 0 Å². The van der Waals surface area contributed by atoms with Gasteiger partial charge in [-0.25, -0.2) is 0 Å². The first kappa shape index (κ1) is 21.7. The van der Waals surface area contributed by atoms with Gasteiger partial charge in [0.1, 0.15) is 11.5 Å². The lowest BCUT2D eigenvalue weighted by Crippen LogP contribution is -2.23. The molecule has 0 radical (unpaired) electrons. The van der Waals surface area contributed by atoms with Crippen molar-refractivity contribution in [3.05, 3.63) is 109 Å². The van der Waals surface area contributed by atoms with Crippen LogP contribution in [0.4, 0.5) is 0 Å². The zero-order chi connectivity index (χ0) is 23.7. The van der Waals surface area contributed by atoms with E-state index in [9.17, 15) is 9.90 Å². The van der Waals surface area contributed by atoms with E-state index in [1.54, 1.807) is 6.07 Å².